The van der Waals surface area contributed by atoms with Crippen molar-refractivity contribution in [3.63, 3.8) is 0 Å². The van der Waals surface area contributed by atoms with Crippen LogP contribution >= 0.6 is 12.4 Å². The molecule has 0 spiro atoms. The van der Waals surface area contributed by atoms with E-state index in [-0.39, 0.29) is 43.4 Å². The lowest BCUT2D eigenvalue weighted by Gasteiger charge is -2.22. The van der Waals surface area contributed by atoms with Crippen molar-refractivity contribution in [1.82, 2.24) is 5.32 Å². The van der Waals surface area contributed by atoms with Gasteiger partial charge in [0.05, 0.1) is 26.2 Å². The third kappa shape index (κ3) is 6.46. The Labute approximate surface area is 142 Å². The fourth-order valence-electron chi connectivity index (χ4n) is 2.29. The number of benzene rings is 1. The summed E-state index contributed by atoms with van der Waals surface area (Å²) < 4.78 is 9.97. The van der Waals surface area contributed by atoms with Crippen LogP contribution in [-0.2, 0) is 14.3 Å². The van der Waals surface area contributed by atoms with Crippen LogP contribution in [0.2, 0.25) is 0 Å². The first-order chi connectivity index (χ1) is 10.7. The molecule has 23 heavy (non-hydrogen) atoms. The van der Waals surface area contributed by atoms with Gasteiger partial charge in [-0.3, -0.25) is 9.59 Å². The molecule has 0 radical (unpaired) electrons. The summed E-state index contributed by atoms with van der Waals surface area (Å²) in [5, 5.41) is 6.11. The molecule has 0 aliphatic carbocycles. The van der Waals surface area contributed by atoms with Gasteiger partial charge in [-0.25, -0.2) is 0 Å². The number of rotatable bonds is 6. The number of piperidine rings is 1. The van der Waals surface area contributed by atoms with Crippen molar-refractivity contribution in [3.8, 4) is 5.75 Å². The highest BCUT2D eigenvalue weighted by Crippen LogP contribution is 2.17. The number of hydrogen-bond acceptors (Lipinski definition) is 5. The van der Waals surface area contributed by atoms with E-state index in [4.69, 9.17) is 4.74 Å². The Balaban J connectivity index is 0.00000264. The number of carbonyl (C=O) groups excluding carboxylic acids is 2. The first-order valence-electron chi connectivity index (χ1n) is 7.53. The van der Waals surface area contributed by atoms with E-state index in [2.05, 4.69) is 15.4 Å². The minimum atomic E-state index is -0.302. The average Bonchev–Trinajstić information content (AvgIpc) is 2.57. The maximum atomic E-state index is 12.1. The number of nitrogens with one attached hydrogen (secondary N) is 2. The fraction of sp³-hybridized carbons (Fsp3) is 0.500. The second-order valence-electron chi connectivity index (χ2n) is 5.19. The van der Waals surface area contributed by atoms with Crippen LogP contribution in [0.15, 0.2) is 24.3 Å². The van der Waals surface area contributed by atoms with Crippen LogP contribution < -0.4 is 15.4 Å². The summed E-state index contributed by atoms with van der Waals surface area (Å²) in [5.41, 5.74) is 0.734. The second kappa shape index (κ2) is 10.1. The van der Waals surface area contributed by atoms with E-state index in [1.165, 1.54) is 7.11 Å². The molecule has 1 aromatic carbocycles. The van der Waals surface area contributed by atoms with Crippen LogP contribution in [0.4, 0.5) is 5.69 Å². The molecule has 1 aliphatic rings. The van der Waals surface area contributed by atoms with Gasteiger partial charge in [-0.05, 0) is 43.7 Å². The maximum absolute atomic E-state index is 12.1. The Morgan fingerprint density at radius 1 is 1.26 bits per heavy atom. The molecule has 1 saturated heterocycles. The number of amides is 1. The van der Waals surface area contributed by atoms with Crippen LogP contribution in [0.5, 0.6) is 5.75 Å². The minimum Gasteiger partial charge on any atom is -0.493 e. The van der Waals surface area contributed by atoms with Gasteiger partial charge < -0.3 is 20.1 Å². The molecule has 0 bridgehead atoms. The number of halogens is 1. The quantitative estimate of drug-likeness (QED) is 0.774. The highest BCUT2D eigenvalue weighted by molar-refractivity contribution is 5.94. The van der Waals surface area contributed by atoms with Gasteiger partial charge in [0.25, 0.3) is 0 Å². The predicted molar refractivity (Wildman–Crippen MR) is 90.1 cm³/mol. The monoisotopic (exact) mass is 342 g/mol. The van der Waals surface area contributed by atoms with Gasteiger partial charge in [0.1, 0.15) is 5.75 Å². The lowest BCUT2D eigenvalue weighted by atomic mass is 10.0. The van der Waals surface area contributed by atoms with E-state index in [0.717, 1.165) is 31.5 Å². The first kappa shape index (κ1) is 19.3. The lowest BCUT2D eigenvalue weighted by Crippen LogP contribution is -2.43. The number of anilines is 1. The molecule has 1 unspecified atom stereocenters. The normalized spacial score (nSPS) is 16.8. The molecule has 0 saturated carbocycles. The molecule has 1 aromatic rings. The van der Waals surface area contributed by atoms with E-state index < -0.39 is 0 Å². The molecule has 2 N–H and O–H groups in total. The standard InChI is InChI=1S/C16H22N2O4.ClH/c1-21-15(19)9-11-22-13-7-5-12(6-8-13)18-16(20)14-4-2-3-10-17-14;/h5-8,14,17H,2-4,9-11H2,1H3,(H,18,20);1H. The molecule has 2 rings (SSSR count). The van der Waals surface area contributed by atoms with Crippen LogP contribution in [-0.4, -0.2) is 38.2 Å². The number of ether oxygens (including phenoxy) is 2. The van der Waals surface area contributed by atoms with Crippen LogP contribution in [0, 0.1) is 0 Å². The van der Waals surface area contributed by atoms with Gasteiger partial charge in [-0.2, -0.15) is 0 Å². The zero-order valence-corrected chi connectivity index (χ0v) is 14.0. The van der Waals surface area contributed by atoms with Gasteiger partial charge in [0.15, 0.2) is 0 Å². The molecule has 1 fully saturated rings. The van der Waals surface area contributed by atoms with Crippen molar-refractivity contribution >= 4 is 30.0 Å². The predicted octanol–water partition coefficient (Wildman–Crippen LogP) is 2.13. The molecular formula is C16H23ClN2O4. The van der Waals surface area contributed by atoms with E-state index in [1.807, 2.05) is 0 Å². The number of methoxy groups -OCH3 is 1. The third-order valence-corrected chi connectivity index (χ3v) is 3.55. The average molecular weight is 343 g/mol. The Kier molecular flexibility index (Phi) is 8.43. The summed E-state index contributed by atoms with van der Waals surface area (Å²) in [6.45, 7) is 1.16. The van der Waals surface area contributed by atoms with Crippen LogP contribution in [0.1, 0.15) is 25.7 Å². The summed E-state index contributed by atoms with van der Waals surface area (Å²) in [6, 6.07) is 7.00. The van der Waals surface area contributed by atoms with Gasteiger partial charge in [-0.1, -0.05) is 6.42 Å². The van der Waals surface area contributed by atoms with Crippen molar-refractivity contribution in [1.29, 1.82) is 0 Å². The molecular weight excluding hydrogens is 320 g/mol. The van der Waals surface area contributed by atoms with E-state index in [0.29, 0.717) is 5.75 Å². The van der Waals surface area contributed by atoms with Crippen molar-refractivity contribution in [3.05, 3.63) is 24.3 Å². The highest BCUT2D eigenvalue weighted by atomic mass is 35.5. The van der Waals surface area contributed by atoms with E-state index >= 15 is 0 Å². The molecule has 6 nitrogen and oxygen atoms in total. The molecule has 1 amide bonds. The summed E-state index contributed by atoms with van der Waals surface area (Å²) in [6.07, 6.45) is 3.29. The molecule has 128 valence electrons. The van der Waals surface area contributed by atoms with E-state index in [9.17, 15) is 9.59 Å². The topological polar surface area (TPSA) is 76.7 Å². The Morgan fingerprint density at radius 2 is 2.00 bits per heavy atom. The Morgan fingerprint density at radius 3 is 2.61 bits per heavy atom. The minimum absolute atomic E-state index is 0. The SMILES string of the molecule is COC(=O)CCOc1ccc(NC(=O)C2CCCCN2)cc1.Cl. The molecule has 1 aliphatic heterocycles. The highest BCUT2D eigenvalue weighted by Gasteiger charge is 2.20. The number of hydrogen-bond donors (Lipinski definition) is 2. The number of esters is 1. The van der Waals surface area contributed by atoms with Crippen molar-refractivity contribution in [2.24, 2.45) is 0 Å². The molecule has 1 heterocycles. The largest absolute Gasteiger partial charge is 0.493 e. The molecule has 0 aromatic heterocycles. The lowest BCUT2D eigenvalue weighted by molar-refractivity contribution is -0.141. The Bertz CT molecular complexity index is 501. The summed E-state index contributed by atoms with van der Waals surface area (Å²) in [7, 11) is 1.35. The van der Waals surface area contributed by atoms with E-state index in [1.54, 1.807) is 24.3 Å². The van der Waals surface area contributed by atoms with Gasteiger partial charge in [-0.15, -0.1) is 12.4 Å². The third-order valence-electron chi connectivity index (χ3n) is 3.55. The Hall–Kier alpha value is -1.79. The fourth-order valence-corrected chi connectivity index (χ4v) is 2.29. The summed E-state index contributed by atoms with van der Waals surface area (Å²) in [5.74, 6) is 0.348. The van der Waals surface area contributed by atoms with Crippen molar-refractivity contribution in [2.75, 3.05) is 25.6 Å². The smallest absolute Gasteiger partial charge is 0.308 e. The van der Waals surface area contributed by atoms with Crippen LogP contribution in [0.3, 0.4) is 0 Å². The summed E-state index contributed by atoms with van der Waals surface area (Å²) in [4.78, 5) is 23.0. The second-order valence-corrected chi connectivity index (χ2v) is 5.19. The van der Waals surface area contributed by atoms with Gasteiger partial charge in [0, 0.05) is 5.69 Å². The zero-order valence-electron chi connectivity index (χ0n) is 13.2. The zero-order chi connectivity index (χ0) is 15.8. The maximum Gasteiger partial charge on any atom is 0.308 e. The summed E-state index contributed by atoms with van der Waals surface area (Å²) >= 11 is 0. The first-order valence-corrected chi connectivity index (χ1v) is 7.53. The van der Waals surface area contributed by atoms with Crippen molar-refractivity contribution < 1.29 is 19.1 Å². The van der Waals surface area contributed by atoms with Gasteiger partial charge >= 0.3 is 5.97 Å². The van der Waals surface area contributed by atoms with Gasteiger partial charge in [0.2, 0.25) is 5.91 Å². The molecule has 1 atom stereocenters. The molecule has 7 heteroatoms. The van der Waals surface area contributed by atoms with Crippen LogP contribution in [0.25, 0.3) is 0 Å². The number of carbonyl (C=O) groups is 2. The van der Waals surface area contributed by atoms with Crippen molar-refractivity contribution in [2.45, 2.75) is 31.7 Å².